The van der Waals surface area contributed by atoms with Crippen LogP contribution in [0.3, 0.4) is 0 Å². The van der Waals surface area contributed by atoms with Crippen molar-refractivity contribution < 1.29 is 19.0 Å². The molecule has 0 fully saturated rings. The van der Waals surface area contributed by atoms with Crippen molar-refractivity contribution in [2.75, 3.05) is 14.1 Å². The van der Waals surface area contributed by atoms with Gasteiger partial charge < -0.3 is 23.7 Å². The molecule has 0 N–H and O–H groups in total. The molecule has 6 aromatic rings. The molecule has 2 heterocycles. The number of aromatic nitrogens is 4. The summed E-state index contributed by atoms with van der Waals surface area (Å²) in [6.45, 7) is 2.68. The van der Waals surface area contributed by atoms with Gasteiger partial charge in [0, 0.05) is 25.7 Å². The maximum Gasteiger partial charge on any atom is 0.327 e. The van der Waals surface area contributed by atoms with Crippen LogP contribution >= 0.6 is 0 Å². The molecule has 0 aliphatic rings. The van der Waals surface area contributed by atoms with E-state index in [0.29, 0.717) is 52.8 Å². The van der Waals surface area contributed by atoms with E-state index in [1.54, 1.807) is 56.6 Å². The van der Waals surface area contributed by atoms with Gasteiger partial charge in [-0.1, -0.05) is 66.7 Å². The molecule has 0 bridgehead atoms. The third-order valence-corrected chi connectivity index (χ3v) is 7.13. The Morgan fingerprint density at radius 1 is 0.826 bits per heavy atom. The van der Waals surface area contributed by atoms with Crippen molar-refractivity contribution in [3.63, 3.8) is 0 Å². The van der Waals surface area contributed by atoms with Crippen molar-refractivity contribution in [2.24, 2.45) is 0 Å². The van der Waals surface area contributed by atoms with Crippen molar-refractivity contribution in [3.05, 3.63) is 131 Å². The van der Waals surface area contributed by atoms with Crippen LogP contribution in [0.1, 0.15) is 32.9 Å². The molecule has 10 heteroatoms. The first-order valence-corrected chi connectivity index (χ1v) is 14.5. The molecular weight excluding hydrogens is 580 g/mol. The van der Waals surface area contributed by atoms with E-state index < -0.39 is 0 Å². The molecule has 0 radical (unpaired) electrons. The smallest absolute Gasteiger partial charge is 0.327 e. The number of aryl methyl sites for hydroxylation is 1. The van der Waals surface area contributed by atoms with Crippen molar-refractivity contribution in [3.8, 4) is 35.2 Å². The monoisotopic (exact) mass is 610 g/mol. The lowest BCUT2D eigenvalue weighted by Gasteiger charge is -2.14. The van der Waals surface area contributed by atoms with E-state index in [2.05, 4.69) is 11.1 Å². The van der Waals surface area contributed by atoms with Crippen LogP contribution in [0.25, 0.3) is 11.2 Å². The number of hydrogen-bond donors (Lipinski definition) is 0. The topological polar surface area (TPSA) is 115 Å². The Bertz CT molecular complexity index is 2050. The predicted molar refractivity (Wildman–Crippen MR) is 172 cm³/mol. The molecule has 6 rings (SSSR count). The van der Waals surface area contributed by atoms with Gasteiger partial charge in [-0.2, -0.15) is 15.2 Å². The largest absolute Gasteiger partial charge is 0.485 e. The van der Waals surface area contributed by atoms with Gasteiger partial charge in [-0.05, 0) is 48.4 Å². The summed E-state index contributed by atoms with van der Waals surface area (Å²) in [5.74, 6) is 1.74. The van der Waals surface area contributed by atoms with Gasteiger partial charge in [0.25, 0.3) is 11.8 Å². The molecule has 0 aliphatic heterocycles. The quantitative estimate of drug-likeness (QED) is 0.164. The molecule has 10 nitrogen and oxygen atoms in total. The highest BCUT2D eigenvalue weighted by Gasteiger charge is 2.21. The summed E-state index contributed by atoms with van der Waals surface area (Å²) in [5, 5.41) is 9.65. The Balaban J connectivity index is 1.42. The number of carbonyl (C=O) groups is 1. The van der Waals surface area contributed by atoms with Gasteiger partial charge in [0.2, 0.25) is 0 Å². The number of benzene rings is 4. The highest BCUT2D eigenvalue weighted by atomic mass is 16.5. The van der Waals surface area contributed by atoms with E-state index in [4.69, 9.17) is 24.2 Å². The second-order valence-corrected chi connectivity index (χ2v) is 10.7. The third kappa shape index (κ3) is 6.64. The first-order valence-electron chi connectivity index (χ1n) is 14.5. The number of fused-ring (bicyclic) bond motifs is 1. The summed E-state index contributed by atoms with van der Waals surface area (Å²) in [4.78, 5) is 28.2. The maximum atomic E-state index is 12.6. The van der Waals surface area contributed by atoms with Crippen molar-refractivity contribution >= 4 is 17.1 Å². The fourth-order valence-electron chi connectivity index (χ4n) is 4.81. The number of ether oxygens (including phenoxy) is 3. The minimum absolute atomic E-state index is 0.00523. The molecular formula is C36H30N6O4. The fraction of sp³-hybridized carbons (Fsp3) is 0.139. The number of rotatable bonds is 10. The molecule has 0 unspecified atom stereocenters. The maximum absolute atomic E-state index is 12.6. The summed E-state index contributed by atoms with van der Waals surface area (Å²) in [7, 11) is 3.37. The van der Waals surface area contributed by atoms with Crippen LogP contribution in [-0.2, 0) is 13.2 Å². The highest BCUT2D eigenvalue weighted by molar-refractivity contribution is 5.94. The number of nitriles is 1. The van der Waals surface area contributed by atoms with Crippen LogP contribution in [0.2, 0.25) is 0 Å². The SMILES string of the molecule is Cc1nc2c(Oc3cc(C#N)ccc3OCc3ccccc3)nc(Oc3cccc(C(=O)N(C)C)c3)nc2n1Cc1ccccc1. The van der Waals surface area contributed by atoms with E-state index in [0.717, 1.165) is 11.1 Å². The van der Waals surface area contributed by atoms with Crippen LogP contribution in [0.15, 0.2) is 103 Å². The summed E-state index contributed by atoms with van der Waals surface area (Å²) in [6.07, 6.45) is 0. The molecule has 0 spiro atoms. The van der Waals surface area contributed by atoms with Crippen molar-refractivity contribution in [1.29, 1.82) is 5.26 Å². The molecule has 0 saturated carbocycles. The molecule has 228 valence electrons. The van der Waals surface area contributed by atoms with Gasteiger partial charge in [0.1, 0.15) is 18.2 Å². The van der Waals surface area contributed by atoms with Crippen LogP contribution in [0.4, 0.5) is 0 Å². The Kier molecular flexibility index (Phi) is 8.56. The first-order chi connectivity index (χ1) is 22.4. The fourth-order valence-corrected chi connectivity index (χ4v) is 4.81. The van der Waals surface area contributed by atoms with Crippen LogP contribution < -0.4 is 14.2 Å². The number of nitrogens with zero attached hydrogens (tertiary/aromatic N) is 6. The Morgan fingerprint density at radius 3 is 2.28 bits per heavy atom. The summed E-state index contributed by atoms with van der Waals surface area (Å²) in [6, 6.07) is 33.6. The van der Waals surface area contributed by atoms with Crippen LogP contribution in [0.5, 0.6) is 29.1 Å². The van der Waals surface area contributed by atoms with Gasteiger partial charge in [0.15, 0.2) is 22.7 Å². The van der Waals surface area contributed by atoms with Gasteiger partial charge in [-0.25, -0.2) is 4.98 Å². The molecule has 2 aromatic heterocycles. The van der Waals surface area contributed by atoms with E-state index in [1.807, 2.05) is 72.2 Å². The van der Waals surface area contributed by atoms with Gasteiger partial charge >= 0.3 is 6.01 Å². The lowest BCUT2D eigenvalue weighted by molar-refractivity contribution is 0.0827. The minimum atomic E-state index is -0.164. The Morgan fingerprint density at radius 2 is 1.57 bits per heavy atom. The Hall–Kier alpha value is -6.21. The normalized spacial score (nSPS) is 10.7. The number of amides is 1. The number of carbonyl (C=O) groups excluding carboxylic acids is 1. The van der Waals surface area contributed by atoms with Gasteiger partial charge in [-0.15, -0.1) is 0 Å². The van der Waals surface area contributed by atoms with Crippen LogP contribution in [0, 0.1) is 18.3 Å². The summed E-state index contributed by atoms with van der Waals surface area (Å²) >= 11 is 0. The average molecular weight is 611 g/mol. The number of imidazole rings is 1. The zero-order valence-corrected chi connectivity index (χ0v) is 25.5. The molecule has 1 amide bonds. The minimum Gasteiger partial charge on any atom is -0.485 e. The molecule has 4 aromatic carbocycles. The first kappa shape index (κ1) is 29.8. The molecule has 0 atom stereocenters. The molecule has 0 saturated heterocycles. The molecule has 46 heavy (non-hydrogen) atoms. The second-order valence-electron chi connectivity index (χ2n) is 10.7. The van der Waals surface area contributed by atoms with E-state index in [-0.39, 0.29) is 23.5 Å². The second kappa shape index (κ2) is 13.2. The van der Waals surface area contributed by atoms with E-state index in [1.165, 1.54) is 4.90 Å². The van der Waals surface area contributed by atoms with E-state index in [9.17, 15) is 10.1 Å². The van der Waals surface area contributed by atoms with Crippen molar-refractivity contribution in [2.45, 2.75) is 20.1 Å². The summed E-state index contributed by atoms with van der Waals surface area (Å²) < 4.78 is 20.6. The van der Waals surface area contributed by atoms with E-state index >= 15 is 0 Å². The molecule has 0 aliphatic carbocycles. The van der Waals surface area contributed by atoms with Gasteiger partial charge in [-0.3, -0.25) is 4.79 Å². The lowest BCUT2D eigenvalue weighted by Crippen LogP contribution is -2.21. The zero-order chi connectivity index (χ0) is 32.0. The lowest BCUT2D eigenvalue weighted by atomic mass is 10.2. The average Bonchev–Trinajstić information content (AvgIpc) is 3.39. The van der Waals surface area contributed by atoms with Gasteiger partial charge in [0.05, 0.1) is 18.2 Å². The number of hydrogen-bond acceptors (Lipinski definition) is 8. The highest BCUT2D eigenvalue weighted by Crippen LogP contribution is 2.37. The van der Waals surface area contributed by atoms with Crippen LogP contribution in [-0.4, -0.2) is 44.4 Å². The third-order valence-electron chi connectivity index (χ3n) is 7.13. The standard InChI is InChI=1S/C36H30N6O4/c1-24-38-32-33(42(24)22-25-11-6-4-7-12-25)39-36(45-29-16-10-15-28(20-29)35(43)41(2)3)40-34(32)46-31-19-27(21-37)17-18-30(31)44-23-26-13-8-5-9-14-26/h4-20H,22-23H2,1-3H3. The predicted octanol–water partition coefficient (Wildman–Crippen LogP) is 6.92. The Labute approximate surface area is 266 Å². The summed E-state index contributed by atoms with van der Waals surface area (Å²) in [5.41, 5.74) is 3.78. The zero-order valence-electron chi connectivity index (χ0n) is 25.5. The van der Waals surface area contributed by atoms with Crippen molar-refractivity contribution in [1.82, 2.24) is 24.4 Å².